The number of imidazole rings is 1. The van der Waals surface area contributed by atoms with E-state index in [1.165, 1.54) is 11.3 Å². The highest BCUT2D eigenvalue weighted by molar-refractivity contribution is 7.12. The lowest BCUT2D eigenvalue weighted by atomic mass is 10.2. The van der Waals surface area contributed by atoms with Gasteiger partial charge in [-0.3, -0.25) is 9.59 Å². The first-order chi connectivity index (χ1) is 14.6. The van der Waals surface area contributed by atoms with Crippen LogP contribution in [0.2, 0.25) is 0 Å². The maximum atomic E-state index is 12.9. The van der Waals surface area contributed by atoms with Gasteiger partial charge in [-0.15, -0.1) is 11.3 Å². The van der Waals surface area contributed by atoms with Crippen LogP contribution in [0, 0.1) is 0 Å². The maximum absolute atomic E-state index is 12.9. The predicted octanol–water partition coefficient (Wildman–Crippen LogP) is 3.69. The van der Waals surface area contributed by atoms with Gasteiger partial charge in [0.25, 0.3) is 5.91 Å². The Morgan fingerprint density at radius 3 is 2.57 bits per heavy atom. The van der Waals surface area contributed by atoms with Crippen LogP contribution in [0.5, 0.6) is 0 Å². The molecule has 7 heteroatoms. The van der Waals surface area contributed by atoms with Gasteiger partial charge in [-0.25, -0.2) is 4.98 Å². The Morgan fingerprint density at radius 2 is 1.80 bits per heavy atom. The number of rotatable bonds is 7. The largest absolute Gasteiger partial charge is 0.344 e. The third-order valence-corrected chi connectivity index (χ3v) is 5.74. The molecule has 0 saturated heterocycles. The van der Waals surface area contributed by atoms with Crippen LogP contribution in [0.25, 0.3) is 11.0 Å². The smallest absolute Gasteiger partial charge is 0.261 e. The van der Waals surface area contributed by atoms with Crippen LogP contribution in [-0.4, -0.2) is 33.3 Å². The summed E-state index contributed by atoms with van der Waals surface area (Å²) in [6, 6.07) is 21.2. The van der Waals surface area contributed by atoms with Crippen molar-refractivity contribution >= 4 is 34.2 Å². The van der Waals surface area contributed by atoms with Crippen molar-refractivity contribution in [1.29, 1.82) is 0 Å². The highest BCUT2D eigenvalue weighted by Crippen LogP contribution is 2.17. The summed E-state index contributed by atoms with van der Waals surface area (Å²) in [5.41, 5.74) is 2.75. The van der Waals surface area contributed by atoms with Gasteiger partial charge >= 0.3 is 0 Å². The number of hydrogen-bond donors (Lipinski definition) is 1. The van der Waals surface area contributed by atoms with Crippen LogP contribution in [0.15, 0.2) is 72.1 Å². The number of carbonyl (C=O) groups is 2. The SMILES string of the molecule is CN(Cc1ccccc1)C(=O)Cn1c(CNC(=O)c2cccs2)nc2ccccc21. The van der Waals surface area contributed by atoms with E-state index in [0.29, 0.717) is 17.2 Å². The first-order valence-electron chi connectivity index (χ1n) is 9.65. The van der Waals surface area contributed by atoms with E-state index in [0.717, 1.165) is 16.6 Å². The van der Waals surface area contributed by atoms with Gasteiger partial charge in [-0.1, -0.05) is 48.5 Å². The molecule has 152 valence electrons. The number of thiophene rings is 1. The first kappa shape index (κ1) is 19.8. The number of carbonyl (C=O) groups excluding carboxylic acids is 2. The Kier molecular flexibility index (Phi) is 5.90. The minimum Gasteiger partial charge on any atom is -0.344 e. The van der Waals surface area contributed by atoms with Gasteiger partial charge in [-0.05, 0) is 29.1 Å². The summed E-state index contributed by atoms with van der Waals surface area (Å²) in [6.07, 6.45) is 0. The molecule has 2 aromatic carbocycles. The molecule has 0 radical (unpaired) electrons. The van der Waals surface area contributed by atoms with Crippen molar-refractivity contribution in [2.45, 2.75) is 19.6 Å². The second-order valence-corrected chi connectivity index (χ2v) is 7.95. The Bertz CT molecular complexity index is 1150. The number of nitrogens with zero attached hydrogens (tertiary/aromatic N) is 3. The van der Waals surface area contributed by atoms with E-state index in [-0.39, 0.29) is 24.9 Å². The Morgan fingerprint density at radius 1 is 1.03 bits per heavy atom. The third-order valence-electron chi connectivity index (χ3n) is 4.87. The topological polar surface area (TPSA) is 67.2 Å². The van der Waals surface area contributed by atoms with Crippen molar-refractivity contribution in [3.8, 4) is 0 Å². The number of nitrogens with one attached hydrogen (secondary N) is 1. The molecule has 4 rings (SSSR count). The quantitative estimate of drug-likeness (QED) is 0.498. The second-order valence-electron chi connectivity index (χ2n) is 7.00. The van der Waals surface area contributed by atoms with Crippen LogP contribution >= 0.6 is 11.3 Å². The normalized spacial score (nSPS) is 10.8. The zero-order valence-corrected chi connectivity index (χ0v) is 17.4. The highest BCUT2D eigenvalue weighted by atomic mass is 32.1. The maximum Gasteiger partial charge on any atom is 0.261 e. The number of hydrogen-bond acceptors (Lipinski definition) is 4. The predicted molar refractivity (Wildman–Crippen MR) is 118 cm³/mol. The van der Waals surface area contributed by atoms with E-state index in [1.807, 2.05) is 70.6 Å². The van der Waals surface area contributed by atoms with Crippen LogP contribution in [0.3, 0.4) is 0 Å². The summed E-state index contributed by atoms with van der Waals surface area (Å²) >= 11 is 1.39. The lowest BCUT2D eigenvalue weighted by Gasteiger charge is -2.19. The average Bonchev–Trinajstić information content (AvgIpc) is 3.41. The molecule has 2 amide bonds. The van der Waals surface area contributed by atoms with Gasteiger partial charge in [0, 0.05) is 13.6 Å². The number of likely N-dealkylation sites (N-methyl/N-ethyl adjacent to an activating group) is 1. The molecule has 4 aromatic rings. The molecule has 2 heterocycles. The molecule has 0 unspecified atom stereocenters. The second kappa shape index (κ2) is 8.92. The van der Waals surface area contributed by atoms with Crippen LogP contribution in [-0.2, 0) is 24.4 Å². The van der Waals surface area contributed by atoms with Gasteiger partial charge in [0.05, 0.1) is 22.5 Å². The molecule has 0 saturated carbocycles. The van der Waals surface area contributed by atoms with Crippen molar-refractivity contribution in [1.82, 2.24) is 19.8 Å². The summed E-state index contributed by atoms with van der Waals surface area (Å²) in [6.45, 7) is 0.950. The molecule has 0 aliphatic heterocycles. The van der Waals surface area contributed by atoms with Gasteiger partial charge in [0.1, 0.15) is 12.4 Å². The molecule has 6 nitrogen and oxygen atoms in total. The number of benzene rings is 2. The van der Waals surface area contributed by atoms with Crippen LogP contribution < -0.4 is 5.32 Å². The first-order valence-corrected chi connectivity index (χ1v) is 10.5. The Labute approximate surface area is 178 Å². The van der Waals surface area contributed by atoms with E-state index in [9.17, 15) is 9.59 Å². The number of fused-ring (bicyclic) bond motifs is 1. The fourth-order valence-electron chi connectivity index (χ4n) is 3.29. The third kappa shape index (κ3) is 4.41. The number of aromatic nitrogens is 2. The van der Waals surface area contributed by atoms with Crippen molar-refractivity contribution in [2.24, 2.45) is 0 Å². The zero-order valence-electron chi connectivity index (χ0n) is 16.6. The van der Waals surface area contributed by atoms with E-state index >= 15 is 0 Å². The van der Waals surface area contributed by atoms with Crippen LogP contribution in [0.1, 0.15) is 21.1 Å². The minimum absolute atomic E-state index is 0.0205. The zero-order chi connectivity index (χ0) is 20.9. The summed E-state index contributed by atoms with van der Waals surface area (Å²) in [4.78, 5) is 32.3. The molecule has 0 fully saturated rings. The van der Waals surface area contributed by atoms with E-state index in [2.05, 4.69) is 10.3 Å². The molecular formula is C23H22N4O2S. The fourth-order valence-corrected chi connectivity index (χ4v) is 3.93. The fraction of sp³-hybridized carbons (Fsp3) is 0.174. The van der Waals surface area contributed by atoms with Crippen molar-refractivity contribution < 1.29 is 9.59 Å². The molecule has 0 aliphatic carbocycles. The molecule has 1 N–H and O–H groups in total. The highest BCUT2D eigenvalue weighted by Gasteiger charge is 2.17. The molecule has 0 aliphatic rings. The van der Waals surface area contributed by atoms with Crippen molar-refractivity contribution in [2.75, 3.05) is 7.05 Å². The Balaban J connectivity index is 1.52. The van der Waals surface area contributed by atoms with Crippen molar-refractivity contribution in [3.05, 3.63) is 88.4 Å². The standard InChI is InChI=1S/C23H22N4O2S/c1-26(15-17-8-3-2-4-9-17)22(28)16-27-19-11-6-5-10-18(19)25-21(27)14-24-23(29)20-12-7-13-30-20/h2-13H,14-16H2,1H3,(H,24,29). The average molecular weight is 419 g/mol. The summed E-state index contributed by atoms with van der Waals surface area (Å²) in [5.74, 6) is 0.492. The molecule has 0 bridgehead atoms. The summed E-state index contributed by atoms with van der Waals surface area (Å²) < 4.78 is 1.88. The molecule has 0 atom stereocenters. The lowest BCUT2D eigenvalue weighted by Crippen LogP contribution is -2.31. The molecular weight excluding hydrogens is 396 g/mol. The molecule has 2 aromatic heterocycles. The lowest BCUT2D eigenvalue weighted by molar-refractivity contribution is -0.131. The van der Waals surface area contributed by atoms with Gasteiger partial charge in [0.2, 0.25) is 5.91 Å². The number of para-hydroxylation sites is 2. The van der Waals surface area contributed by atoms with E-state index in [4.69, 9.17) is 0 Å². The Hall–Kier alpha value is -3.45. The van der Waals surface area contributed by atoms with Crippen molar-refractivity contribution in [3.63, 3.8) is 0 Å². The van der Waals surface area contributed by atoms with E-state index < -0.39 is 0 Å². The number of amides is 2. The van der Waals surface area contributed by atoms with Gasteiger partial charge in [0.15, 0.2) is 0 Å². The van der Waals surface area contributed by atoms with Gasteiger partial charge in [-0.2, -0.15) is 0 Å². The van der Waals surface area contributed by atoms with E-state index in [1.54, 1.807) is 18.0 Å². The molecule has 0 spiro atoms. The summed E-state index contributed by atoms with van der Waals surface area (Å²) in [5, 5.41) is 4.77. The van der Waals surface area contributed by atoms with Gasteiger partial charge < -0.3 is 14.8 Å². The monoisotopic (exact) mass is 418 g/mol. The minimum atomic E-state index is -0.142. The summed E-state index contributed by atoms with van der Waals surface area (Å²) in [7, 11) is 1.80. The van der Waals surface area contributed by atoms with Crippen LogP contribution in [0.4, 0.5) is 0 Å². The molecule has 30 heavy (non-hydrogen) atoms.